The number of ether oxygens (including phenoxy) is 1. The van der Waals surface area contributed by atoms with Crippen LogP contribution < -0.4 is 20.9 Å². The lowest BCUT2D eigenvalue weighted by Crippen LogP contribution is -2.37. The molecule has 2 atom stereocenters. The number of nitriles is 1. The van der Waals surface area contributed by atoms with Gasteiger partial charge < -0.3 is 15.4 Å². The van der Waals surface area contributed by atoms with E-state index in [4.69, 9.17) is 16.3 Å². The maximum Gasteiger partial charge on any atom is 0.265 e. The number of methoxy groups -OCH3 is 1. The Balaban J connectivity index is 1.71. The summed E-state index contributed by atoms with van der Waals surface area (Å²) in [5.41, 5.74) is 0.581. The van der Waals surface area contributed by atoms with Gasteiger partial charge in [0.25, 0.3) is 5.56 Å². The van der Waals surface area contributed by atoms with Crippen molar-refractivity contribution in [3.05, 3.63) is 75.0 Å². The van der Waals surface area contributed by atoms with Gasteiger partial charge in [-0.25, -0.2) is 0 Å². The van der Waals surface area contributed by atoms with E-state index >= 15 is 0 Å². The molecule has 3 aromatic rings. The monoisotopic (exact) mass is 421 g/mol. The van der Waals surface area contributed by atoms with Crippen LogP contribution in [-0.4, -0.2) is 22.9 Å². The van der Waals surface area contributed by atoms with Crippen LogP contribution in [0.3, 0.4) is 0 Å². The summed E-state index contributed by atoms with van der Waals surface area (Å²) >= 11 is 5.94. The number of fused-ring (bicyclic) bond motifs is 1. The van der Waals surface area contributed by atoms with Crippen LogP contribution in [0, 0.1) is 17.2 Å². The molecule has 150 valence electrons. The smallest absolute Gasteiger partial charge is 0.265 e. The zero-order chi connectivity index (χ0) is 21.3. The van der Waals surface area contributed by atoms with Gasteiger partial charge in [-0.1, -0.05) is 23.7 Å². The van der Waals surface area contributed by atoms with Crippen LogP contribution in [0.1, 0.15) is 22.0 Å². The Labute approximate surface area is 176 Å². The number of carbonyl (C=O) groups excluding carboxylic acids is 1. The van der Waals surface area contributed by atoms with Gasteiger partial charge in [0.2, 0.25) is 5.95 Å². The van der Waals surface area contributed by atoms with Crippen molar-refractivity contribution in [2.24, 2.45) is 5.92 Å². The Kier molecular flexibility index (Phi) is 5.12. The standard InChI is InChI=1S/C21H16ClN5O3/c1-30-14-8-6-13(7-9-14)24-21-26-19-16(20(29)27-21)18(28)15(10-23)17(25-19)11-2-4-12(22)5-3-11/h2-9,15,17H,1H3,(H3,24,25,26,27,29)/t15-,17-/m0/s1. The molecule has 0 amide bonds. The third-order valence-electron chi connectivity index (χ3n) is 4.79. The van der Waals surface area contributed by atoms with Crippen molar-refractivity contribution in [2.75, 3.05) is 17.7 Å². The van der Waals surface area contributed by atoms with Crippen molar-refractivity contribution >= 4 is 34.8 Å². The van der Waals surface area contributed by atoms with Gasteiger partial charge in [-0.15, -0.1) is 0 Å². The van der Waals surface area contributed by atoms with Gasteiger partial charge in [0.15, 0.2) is 5.78 Å². The fourth-order valence-corrected chi connectivity index (χ4v) is 3.42. The summed E-state index contributed by atoms with van der Waals surface area (Å²) in [6.45, 7) is 0. The van der Waals surface area contributed by atoms with E-state index in [1.165, 1.54) is 0 Å². The fraction of sp³-hybridized carbons (Fsp3) is 0.143. The molecule has 4 rings (SSSR count). The number of hydrogen-bond acceptors (Lipinski definition) is 7. The third kappa shape index (κ3) is 3.58. The van der Waals surface area contributed by atoms with E-state index < -0.39 is 23.3 Å². The number of Topliss-reactive ketones (excluding diaryl/α,β-unsaturated/α-hetero) is 1. The second kappa shape index (κ2) is 7.89. The van der Waals surface area contributed by atoms with E-state index in [2.05, 4.69) is 20.6 Å². The maximum atomic E-state index is 12.9. The van der Waals surface area contributed by atoms with Crippen LogP contribution in [0.15, 0.2) is 53.3 Å². The molecule has 0 saturated carbocycles. The molecule has 0 unspecified atom stereocenters. The number of ketones is 1. The van der Waals surface area contributed by atoms with Gasteiger partial charge in [-0.05, 0) is 42.0 Å². The first-order chi connectivity index (χ1) is 14.5. The molecule has 8 nitrogen and oxygen atoms in total. The summed E-state index contributed by atoms with van der Waals surface area (Å²) < 4.78 is 5.12. The van der Waals surface area contributed by atoms with Gasteiger partial charge in [0.1, 0.15) is 23.0 Å². The molecule has 0 radical (unpaired) electrons. The Morgan fingerprint density at radius 3 is 2.47 bits per heavy atom. The average Bonchev–Trinajstić information content (AvgIpc) is 2.74. The van der Waals surface area contributed by atoms with Crippen molar-refractivity contribution in [1.29, 1.82) is 5.26 Å². The summed E-state index contributed by atoms with van der Waals surface area (Å²) in [4.78, 5) is 32.4. The summed E-state index contributed by atoms with van der Waals surface area (Å²) in [7, 11) is 1.57. The molecule has 1 aliphatic rings. The second-order valence-corrected chi connectivity index (χ2v) is 7.07. The number of benzene rings is 2. The van der Waals surface area contributed by atoms with Crippen molar-refractivity contribution in [3.63, 3.8) is 0 Å². The van der Waals surface area contributed by atoms with Crippen LogP contribution >= 0.6 is 11.6 Å². The van der Waals surface area contributed by atoms with E-state index in [1.54, 1.807) is 55.6 Å². The van der Waals surface area contributed by atoms with Crippen molar-refractivity contribution < 1.29 is 9.53 Å². The van der Waals surface area contributed by atoms with Crippen LogP contribution in [0.25, 0.3) is 0 Å². The van der Waals surface area contributed by atoms with Crippen molar-refractivity contribution in [1.82, 2.24) is 9.97 Å². The van der Waals surface area contributed by atoms with E-state index in [-0.39, 0.29) is 17.3 Å². The molecule has 30 heavy (non-hydrogen) atoms. The molecule has 1 aromatic heterocycles. The molecule has 9 heteroatoms. The highest BCUT2D eigenvalue weighted by atomic mass is 35.5. The van der Waals surface area contributed by atoms with Crippen LogP contribution in [0.5, 0.6) is 5.75 Å². The summed E-state index contributed by atoms with van der Waals surface area (Å²) in [6.07, 6.45) is 0. The average molecular weight is 422 g/mol. The Hall–Kier alpha value is -3.83. The zero-order valence-corrected chi connectivity index (χ0v) is 16.5. The number of carbonyl (C=O) groups is 1. The Morgan fingerprint density at radius 1 is 1.13 bits per heavy atom. The van der Waals surface area contributed by atoms with Crippen molar-refractivity contribution in [3.8, 4) is 11.8 Å². The number of hydrogen-bond donors (Lipinski definition) is 3. The quantitative estimate of drug-likeness (QED) is 0.587. The normalized spacial score (nSPS) is 17.4. The number of aromatic amines is 1. The molecule has 2 aromatic carbocycles. The molecule has 2 heterocycles. The largest absolute Gasteiger partial charge is 0.497 e. The lowest BCUT2D eigenvalue weighted by Gasteiger charge is -2.29. The lowest BCUT2D eigenvalue weighted by molar-refractivity contribution is 0.0930. The van der Waals surface area contributed by atoms with E-state index in [0.717, 1.165) is 0 Å². The van der Waals surface area contributed by atoms with E-state index in [1.807, 2.05) is 6.07 Å². The predicted octanol–water partition coefficient (Wildman–Crippen LogP) is 3.66. The highest BCUT2D eigenvalue weighted by Gasteiger charge is 2.39. The lowest BCUT2D eigenvalue weighted by atomic mass is 9.85. The van der Waals surface area contributed by atoms with Gasteiger partial charge in [-0.3, -0.25) is 14.6 Å². The third-order valence-corrected chi connectivity index (χ3v) is 5.05. The van der Waals surface area contributed by atoms with Gasteiger partial charge in [0.05, 0.1) is 19.2 Å². The first kappa shape index (κ1) is 19.5. The minimum Gasteiger partial charge on any atom is -0.497 e. The molecular formula is C21H16ClN5O3. The molecule has 0 fully saturated rings. The molecule has 0 bridgehead atoms. The van der Waals surface area contributed by atoms with E-state index in [0.29, 0.717) is 22.0 Å². The first-order valence-electron chi connectivity index (χ1n) is 9.01. The number of anilines is 3. The molecular weight excluding hydrogens is 406 g/mol. The topological polar surface area (TPSA) is 120 Å². The summed E-state index contributed by atoms with van der Waals surface area (Å²) in [5, 5.41) is 16.2. The van der Waals surface area contributed by atoms with E-state index in [9.17, 15) is 14.9 Å². The van der Waals surface area contributed by atoms with Gasteiger partial charge in [0, 0.05) is 10.7 Å². The molecule has 0 saturated heterocycles. The van der Waals surface area contributed by atoms with Crippen molar-refractivity contribution in [2.45, 2.75) is 6.04 Å². The number of rotatable bonds is 4. The summed E-state index contributed by atoms with van der Waals surface area (Å²) in [5.74, 6) is -0.674. The van der Waals surface area contributed by atoms with Crippen LogP contribution in [0.4, 0.5) is 17.5 Å². The highest BCUT2D eigenvalue weighted by Crippen LogP contribution is 2.35. The predicted molar refractivity (Wildman–Crippen MR) is 112 cm³/mol. The molecule has 0 aliphatic carbocycles. The first-order valence-corrected chi connectivity index (χ1v) is 9.39. The number of H-pyrrole nitrogens is 1. The van der Waals surface area contributed by atoms with Gasteiger partial charge in [-0.2, -0.15) is 10.2 Å². The number of nitrogens with zero attached hydrogens (tertiary/aromatic N) is 2. The number of nitrogens with one attached hydrogen (secondary N) is 3. The van der Waals surface area contributed by atoms with Crippen LogP contribution in [0.2, 0.25) is 5.02 Å². The SMILES string of the molecule is COc1ccc(Nc2nc3c(c(=O)[nH]2)C(=O)[C@@H](C#N)[C@H](c2ccc(Cl)cc2)N3)cc1. The Morgan fingerprint density at radius 2 is 1.83 bits per heavy atom. The molecule has 1 aliphatic heterocycles. The van der Waals surface area contributed by atoms with Gasteiger partial charge >= 0.3 is 0 Å². The molecule has 3 N–H and O–H groups in total. The summed E-state index contributed by atoms with van der Waals surface area (Å²) in [6, 6.07) is 15.2. The highest BCUT2D eigenvalue weighted by molar-refractivity contribution is 6.30. The maximum absolute atomic E-state index is 12.9. The fourth-order valence-electron chi connectivity index (χ4n) is 3.29. The molecule has 0 spiro atoms. The second-order valence-electron chi connectivity index (χ2n) is 6.64. The number of aromatic nitrogens is 2. The number of halogens is 1. The Bertz CT molecular complexity index is 1200. The zero-order valence-electron chi connectivity index (χ0n) is 15.8. The minimum absolute atomic E-state index is 0.117. The minimum atomic E-state index is -1.07. The van der Waals surface area contributed by atoms with Crippen LogP contribution in [-0.2, 0) is 0 Å².